The highest BCUT2D eigenvalue weighted by Crippen LogP contribution is 2.29. The molecule has 3 aromatic heterocycles. The van der Waals surface area contributed by atoms with Crippen LogP contribution in [0.15, 0.2) is 36.8 Å². The summed E-state index contributed by atoms with van der Waals surface area (Å²) in [4.78, 5) is 22.8. The van der Waals surface area contributed by atoms with Crippen LogP contribution < -0.4 is 9.47 Å². The van der Waals surface area contributed by atoms with Crippen molar-refractivity contribution in [3.63, 3.8) is 0 Å². The first-order chi connectivity index (χ1) is 13.7. The molecular formula is C17H13F3N4O4S. The van der Waals surface area contributed by atoms with Crippen LogP contribution >= 0.6 is 11.5 Å². The molecule has 0 saturated carbocycles. The molecule has 0 bridgehead atoms. The Morgan fingerprint density at radius 3 is 2.52 bits per heavy atom. The minimum absolute atomic E-state index is 0.160. The first-order valence-electron chi connectivity index (χ1n) is 8.06. The maximum absolute atomic E-state index is 12.1. The van der Waals surface area contributed by atoms with E-state index in [4.69, 9.17) is 9.84 Å². The van der Waals surface area contributed by atoms with E-state index in [9.17, 15) is 18.0 Å². The summed E-state index contributed by atoms with van der Waals surface area (Å²) in [7, 11) is 0. The van der Waals surface area contributed by atoms with Crippen molar-refractivity contribution in [1.29, 1.82) is 0 Å². The van der Waals surface area contributed by atoms with Crippen LogP contribution in [0.3, 0.4) is 0 Å². The van der Waals surface area contributed by atoms with Gasteiger partial charge in [0.15, 0.2) is 6.61 Å². The number of pyridine rings is 1. The Morgan fingerprint density at radius 1 is 1.21 bits per heavy atom. The number of ether oxygens (including phenoxy) is 2. The van der Waals surface area contributed by atoms with Crippen LogP contribution in [0.5, 0.6) is 11.6 Å². The second kappa shape index (κ2) is 8.39. The van der Waals surface area contributed by atoms with Crippen molar-refractivity contribution in [2.75, 3.05) is 6.61 Å². The van der Waals surface area contributed by atoms with E-state index in [1.165, 1.54) is 42.3 Å². The lowest BCUT2D eigenvalue weighted by atomic mass is 10.2. The molecule has 0 aliphatic rings. The molecule has 0 aliphatic carbocycles. The van der Waals surface area contributed by atoms with Crippen molar-refractivity contribution in [3.8, 4) is 22.9 Å². The average Bonchev–Trinajstić information content (AvgIpc) is 3.17. The zero-order chi connectivity index (χ0) is 21.0. The number of aromatic carboxylic acids is 1. The van der Waals surface area contributed by atoms with Gasteiger partial charge >= 0.3 is 12.1 Å². The molecule has 0 radical (unpaired) electrons. The van der Waals surface area contributed by atoms with Crippen molar-refractivity contribution in [2.24, 2.45) is 0 Å². The number of rotatable bonds is 7. The summed E-state index contributed by atoms with van der Waals surface area (Å²) >= 11 is 1.18. The smallest absolute Gasteiger partial charge is 0.422 e. The molecule has 1 N–H and O–H groups in total. The van der Waals surface area contributed by atoms with Crippen LogP contribution in [0.2, 0.25) is 0 Å². The standard InChI is InChI=1S/C17H13F3N4O4S/c1-9(28-11-2-3-14(21-7-11)27-8-17(18,19)20)13-4-12(24-29-13)10-5-22-15(16(25)26)23-6-10/h2-7,9H,8H2,1H3,(H,25,26)/t9-/m1/s1. The van der Waals surface area contributed by atoms with Crippen molar-refractivity contribution < 1.29 is 32.5 Å². The summed E-state index contributed by atoms with van der Waals surface area (Å²) in [6, 6.07) is 4.49. The zero-order valence-electron chi connectivity index (χ0n) is 14.8. The molecule has 0 unspecified atom stereocenters. The second-order valence-electron chi connectivity index (χ2n) is 5.71. The zero-order valence-corrected chi connectivity index (χ0v) is 15.6. The number of hydrogen-bond donors (Lipinski definition) is 1. The minimum Gasteiger partial charge on any atom is -0.484 e. The van der Waals surface area contributed by atoms with Gasteiger partial charge in [-0.25, -0.2) is 19.7 Å². The summed E-state index contributed by atoms with van der Waals surface area (Å²) < 4.78 is 51.0. The minimum atomic E-state index is -4.44. The first kappa shape index (κ1) is 20.5. The van der Waals surface area contributed by atoms with E-state index in [1.807, 2.05) is 0 Å². The summed E-state index contributed by atoms with van der Waals surface area (Å²) in [6.45, 7) is 0.354. The van der Waals surface area contributed by atoms with Crippen LogP contribution in [0.1, 0.15) is 28.5 Å². The lowest BCUT2D eigenvalue weighted by Crippen LogP contribution is -2.19. The number of aromatic nitrogens is 4. The number of halogens is 3. The third-order valence-electron chi connectivity index (χ3n) is 3.47. The highest BCUT2D eigenvalue weighted by molar-refractivity contribution is 7.06. The van der Waals surface area contributed by atoms with Gasteiger partial charge in [-0.1, -0.05) is 0 Å². The molecule has 8 nitrogen and oxygen atoms in total. The van der Waals surface area contributed by atoms with E-state index in [0.29, 0.717) is 17.0 Å². The van der Waals surface area contributed by atoms with Gasteiger partial charge < -0.3 is 14.6 Å². The molecule has 3 heterocycles. The van der Waals surface area contributed by atoms with Crippen LogP contribution in [0.25, 0.3) is 11.3 Å². The lowest BCUT2D eigenvalue weighted by molar-refractivity contribution is -0.154. The quantitative estimate of drug-likeness (QED) is 0.608. The maximum atomic E-state index is 12.1. The number of alkyl halides is 3. The SMILES string of the molecule is C[C@@H](Oc1ccc(OCC(F)(F)F)nc1)c1cc(-c2cnc(C(=O)O)nc2)ns1. The van der Waals surface area contributed by atoms with E-state index in [-0.39, 0.29) is 11.7 Å². The van der Waals surface area contributed by atoms with Gasteiger partial charge in [-0.15, -0.1) is 0 Å². The second-order valence-corrected chi connectivity index (χ2v) is 6.55. The molecule has 3 rings (SSSR count). The predicted octanol–water partition coefficient (Wildman–Crippen LogP) is 3.77. The Bertz CT molecular complexity index is 978. The molecule has 29 heavy (non-hydrogen) atoms. The molecule has 12 heteroatoms. The highest BCUT2D eigenvalue weighted by Gasteiger charge is 2.28. The van der Waals surface area contributed by atoms with Gasteiger partial charge in [-0.05, 0) is 30.6 Å². The molecule has 0 aromatic carbocycles. The third-order valence-corrected chi connectivity index (χ3v) is 4.42. The van der Waals surface area contributed by atoms with Crippen LogP contribution in [-0.4, -0.2) is 43.2 Å². The van der Waals surface area contributed by atoms with Gasteiger partial charge in [0, 0.05) is 24.0 Å². The molecule has 0 saturated heterocycles. The van der Waals surface area contributed by atoms with E-state index in [2.05, 4.69) is 24.1 Å². The number of carbonyl (C=O) groups is 1. The van der Waals surface area contributed by atoms with Crippen molar-refractivity contribution in [1.82, 2.24) is 19.3 Å². The molecule has 0 amide bonds. The normalized spacial score (nSPS) is 12.4. The lowest BCUT2D eigenvalue weighted by Gasteiger charge is -2.13. The Kier molecular flexibility index (Phi) is 5.92. The van der Waals surface area contributed by atoms with Gasteiger partial charge in [0.2, 0.25) is 11.7 Å². The van der Waals surface area contributed by atoms with Gasteiger partial charge in [0.1, 0.15) is 11.9 Å². The monoisotopic (exact) mass is 426 g/mol. The summed E-state index contributed by atoms with van der Waals surface area (Å²) in [5.74, 6) is -1.34. The van der Waals surface area contributed by atoms with Crippen LogP contribution in [0.4, 0.5) is 13.2 Å². The number of nitrogens with zero attached hydrogens (tertiary/aromatic N) is 4. The van der Waals surface area contributed by atoms with E-state index in [0.717, 1.165) is 4.88 Å². The highest BCUT2D eigenvalue weighted by atomic mass is 32.1. The Morgan fingerprint density at radius 2 is 1.93 bits per heavy atom. The van der Waals surface area contributed by atoms with Gasteiger partial charge in [-0.3, -0.25) is 0 Å². The van der Waals surface area contributed by atoms with Gasteiger partial charge in [0.25, 0.3) is 0 Å². The molecular weight excluding hydrogens is 413 g/mol. The number of carboxylic acids is 1. The van der Waals surface area contributed by atoms with Crippen LogP contribution in [0, 0.1) is 0 Å². The average molecular weight is 426 g/mol. The fourth-order valence-electron chi connectivity index (χ4n) is 2.13. The fraction of sp³-hybridized carbons (Fsp3) is 0.235. The Labute approximate surface area is 166 Å². The molecule has 0 aliphatic heterocycles. The molecule has 0 fully saturated rings. The fourth-order valence-corrected chi connectivity index (χ4v) is 2.85. The van der Waals surface area contributed by atoms with E-state index >= 15 is 0 Å². The topological polar surface area (TPSA) is 107 Å². The molecule has 0 spiro atoms. The summed E-state index contributed by atoms with van der Waals surface area (Å²) in [5.41, 5.74) is 1.11. The van der Waals surface area contributed by atoms with E-state index in [1.54, 1.807) is 13.0 Å². The maximum Gasteiger partial charge on any atom is 0.422 e. The third kappa shape index (κ3) is 5.60. The Balaban J connectivity index is 1.62. The van der Waals surface area contributed by atoms with Crippen molar-refractivity contribution in [2.45, 2.75) is 19.2 Å². The van der Waals surface area contributed by atoms with Crippen LogP contribution in [-0.2, 0) is 0 Å². The van der Waals surface area contributed by atoms with Crippen molar-refractivity contribution in [3.05, 3.63) is 47.5 Å². The Hall–Kier alpha value is -3.28. The largest absolute Gasteiger partial charge is 0.484 e. The van der Waals surface area contributed by atoms with Crippen molar-refractivity contribution >= 4 is 17.5 Å². The van der Waals surface area contributed by atoms with E-state index < -0.39 is 24.9 Å². The molecule has 152 valence electrons. The summed E-state index contributed by atoms with van der Waals surface area (Å²) in [6.07, 6.45) is -0.852. The number of hydrogen-bond acceptors (Lipinski definition) is 8. The molecule has 1 atom stereocenters. The van der Waals surface area contributed by atoms with Gasteiger partial charge in [0.05, 0.1) is 16.8 Å². The van der Waals surface area contributed by atoms with Gasteiger partial charge in [-0.2, -0.15) is 17.5 Å². The predicted molar refractivity (Wildman–Crippen MR) is 94.9 cm³/mol. The number of carboxylic acid groups (broad SMARTS) is 1. The first-order valence-corrected chi connectivity index (χ1v) is 8.83. The molecule has 3 aromatic rings. The summed E-state index contributed by atoms with van der Waals surface area (Å²) in [5, 5.41) is 8.83.